The number of alkyl halides is 1. The lowest BCUT2D eigenvalue weighted by Gasteiger charge is -2.53. The quantitative estimate of drug-likeness (QED) is 0.421. The number of rotatable bonds is 2. The zero-order chi connectivity index (χ0) is 9.76. The van der Waals surface area contributed by atoms with E-state index in [1.807, 2.05) is 0 Å². The van der Waals surface area contributed by atoms with E-state index in [0.717, 1.165) is 18.1 Å². The minimum atomic E-state index is 0.0873. The number of carbonyl (C=O) groups is 1. The van der Waals surface area contributed by atoms with E-state index < -0.39 is 0 Å². The van der Waals surface area contributed by atoms with Gasteiger partial charge in [-0.3, -0.25) is 0 Å². The number of aldehydes is 1. The van der Waals surface area contributed by atoms with E-state index in [1.54, 1.807) is 5.57 Å². The zero-order valence-electron chi connectivity index (χ0n) is 8.21. The fraction of sp³-hybridized carbons (Fsp3) is 0.750. The van der Waals surface area contributed by atoms with Gasteiger partial charge < -0.3 is 4.79 Å². The summed E-state index contributed by atoms with van der Waals surface area (Å²) in [6, 6.07) is 0. The van der Waals surface area contributed by atoms with Crippen LogP contribution in [0.1, 0.15) is 32.1 Å². The van der Waals surface area contributed by atoms with Crippen molar-refractivity contribution >= 4 is 22.2 Å². The molecule has 4 aliphatic carbocycles. The average molecular weight is 255 g/mol. The number of carbonyl (C=O) groups excluding carboxylic acids is 1. The Kier molecular flexibility index (Phi) is 1.92. The summed E-state index contributed by atoms with van der Waals surface area (Å²) in [6.45, 7) is 0. The molecule has 4 atom stereocenters. The molecule has 2 fully saturated rings. The summed E-state index contributed by atoms with van der Waals surface area (Å²) in [5.74, 6) is 1.66. The van der Waals surface area contributed by atoms with Gasteiger partial charge in [-0.15, -0.1) is 0 Å². The molecule has 4 rings (SSSR count). The Bertz CT molecular complexity index is 309. The third-order valence-corrected chi connectivity index (χ3v) is 5.49. The molecular formula is C12H15BrO. The van der Waals surface area contributed by atoms with Gasteiger partial charge in [0.2, 0.25) is 0 Å². The molecule has 0 radical (unpaired) electrons. The van der Waals surface area contributed by atoms with Crippen LogP contribution in [0.5, 0.6) is 0 Å². The van der Waals surface area contributed by atoms with Crippen molar-refractivity contribution in [3.8, 4) is 0 Å². The van der Waals surface area contributed by atoms with Crippen LogP contribution in [0.4, 0.5) is 0 Å². The van der Waals surface area contributed by atoms with Crippen molar-refractivity contribution < 1.29 is 4.79 Å². The van der Waals surface area contributed by atoms with E-state index in [0.29, 0.717) is 0 Å². The van der Waals surface area contributed by atoms with Crippen LogP contribution < -0.4 is 0 Å². The highest BCUT2D eigenvalue weighted by molar-refractivity contribution is 9.10. The average Bonchev–Trinajstić information content (AvgIpc) is 2.14. The van der Waals surface area contributed by atoms with Gasteiger partial charge in [-0.25, -0.2) is 0 Å². The lowest BCUT2D eigenvalue weighted by atomic mass is 9.53. The standard InChI is InChI=1S/C12H15BrO/c13-11(7-14)12-4-8-1-9(5-12)3-10(2-8)6-12/h1,7-8,10-11H,2-6H2. The first kappa shape index (κ1) is 9.14. The highest BCUT2D eigenvalue weighted by Gasteiger charge is 2.50. The fourth-order valence-corrected chi connectivity index (χ4v) is 4.56. The van der Waals surface area contributed by atoms with Gasteiger partial charge in [0.05, 0.1) is 4.83 Å². The van der Waals surface area contributed by atoms with Crippen LogP contribution >= 0.6 is 15.9 Å². The molecule has 76 valence electrons. The van der Waals surface area contributed by atoms with Gasteiger partial charge in [0.1, 0.15) is 6.29 Å². The molecule has 0 aromatic heterocycles. The van der Waals surface area contributed by atoms with Gasteiger partial charge >= 0.3 is 0 Å². The van der Waals surface area contributed by atoms with E-state index in [4.69, 9.17) is 0 Å². The van der Waals surface area contributed by atoms with Gasteiger partial charge in [-0.05, 0) is 49.4 Å². The normalized spacial score (nSPS) is 46.2. The highest BCUT2D eigenvalue weighted by Crippen LogP contribution is 2.59. The first-order chi connectivity index (χ1) is 6.72. The molecule has 2 heteroatoms. The van der Waals surface area contributed by atoms with Crippen molar-refractivity contribution in [1.29, 1.82) is 0 Å². The largest absolute Gasteiger partial charge is 0.302 e. The second kappa shape index (κ2) is 2.94. The van der Waals surface area contributed by atoms with Gasteiger partial charge in [-0.1, -0.05) is 27.6 Å². The SMILES string of the molecule is O=CC(Br)C12CC3=CC(CC(C3)C1)C2. The van der Waals surface area contributed by atoms with Crippen LogP contribution in [-0.4, -0.2) is 11.1 Å². The molecule has 14 heavy (non-hydrogen) atoms. The molecule has 0 aliphatic heterocycles. The minimum Gasteiger partial charge on any atom is -0.302 e. The van der Waals surface area contributed by atoms with Crippen LogP contribution in [0.25, 0.3) is 0 Å². The van der Waals surface area contributed by atoms with E-state index in [1.165, 1.54) is 32.1 Å². The maximum Gasteiger partial charge on any atom is 0.134 e. The Labute approximate surface area is 93.1 Å². The Morgan fingerprint density at radius 2 is 2.43 bits per heavy atom. The Morgan fingerprint density at radius 1 is 1.57 bits per heavy atom. The van der Waals surface area contributed by atoms with Crippen molar-refractivity contribution in [3.05, 3.63) is 11.6 Å². The van der Waals surface area contributed by atoms with Crippen LogP contribution in [0.3, 0.4) is 0 Å². The van der Waals surface area contributed by atoms with Gasteiger partial charge in [0.15, 0.2) is 0 Å². The number of hydrogen-bond acceptors (Lipinski definition) is 1. The molecule has 4 bridgehead atoms. The summed E-state index contributed by atoms with van der Waals surface area (Å²) < 4.78 is 0. The van der Waals surface area contributed by atoms with Crippen LogP contribution in [-0.2, 0) is 4.79 Å². The molecule has 0 aromatic carbocycles. The van der Waals surface area contributed by atoms with E-state index in [-0.39, 0.29) is 10.2 Å². The van der Waals surface area contributed by atoms with Crippen molar-refractivity contribution in [2.45, 2.75) is 36.9 Å². The summed E-state index contributed by atoms with van der Waals surface area (Å²) in [5.41, 5.74) is 1.92. The molecular weight excluding hydrogens is 240 g/mol. The van der Waals surface area contributed by atoms with Crippen LogP contribution in [0.15, 0.2) is 11.6 Å². The molecule has 0 N–H and O–H groups in total. The van der Waals surface area contributed by atoms with E-state index in [9.17, 15) is 4.79 Å². The van der Waals surface area contributed by atoms with Crippen molar-refractivity contribution in [2.24, 2.45) is 17.3 Å². The summed E-state index contributed by atoms with van der Waals surface area (Å²) >= 11 is 3.57. The molecule has 0 saturated heterocycles. The van der Waals surface area contributed by atoms with Gasteiger partial charge in [0.25, 0.3) is 0 Å². The maximum atomic E-state index is 11.0. The Hall–Kier alpha value is -0.110. The number of halogens is 1. The monoisotopic (exact) mass is 254 g/mol. The molecule has 1 nitrogen and oxygen atoms in total. The number of hydrogen-bond donors (Lipinski definition) is 0. The Morgan fingerprint density at radius 3 is 3.07 bits per heavy atom. The van der Waals surface area contributed by atoms with Crippen molar-refractivity contribution in [1.82, 2.24) is 0 Å². The van der Waals surface area contributed by atoms with E-state index in [2.05, 4.69) is 22.0 Å². The molecule has 4 unspecified atom stereocenters. The van der Waals surface area contributed by atoms with Gasteiger partial charge in [-0.2, -0.15) is 0 Å². The molecule has 0 amide bonds. The highest BCUT2D eigenvalue weighted by atomic mass is 79.9. The summed E-state index contributed by atoms with van der Waals surface area (Å²) in [4.78, 5) is 11.0. The summed E-state index contributed by atoms with van der Waals surface area (Å²) in [5, 5.41) is 0. The lowest BCUT2D eigenvalue weighted by molar-refractivity contribution is -0.110. The van der Waals surface area contributed by atoms with E-state index >= 15 is 0 Å². The van der Waals surface area contributed by atoms with Crippen LogP contribution in [0.2, 0.25) is 0 Å². The molecule has 0 spiro atoms. The maximum absolute atomic E-state index is 11.0. The van der Waals surface area contributed by atoms with Crippen LogP contribution in [0, 0.1) is 17.3 Å². The fourth-order valence-electron chi connectivity index (χ4n) is 4.02. The van der Waals surface area contributed by atoms with Crippen molar-refractivity contribution in [3.63, 3.8) is 0 Å². The smallest absolute Gasteiger partial charge is 0.134 e. The first-order valence-corrected chi connectivity index (χ1v) is 6.42. The third-order valence-electron chi connectivity index (χ3n) is 4.31. The molecule has 2 saturated carbocycles. The predicted octanol–water partition coefficient (Wildman–Crippen LogP) is 3.09. The predicted molar refractivity (Wildman–Crippen MR) is 59.4 cm³/mol. The molecule has 0 aromatic rings. The van der Waals surface area contributed by atoms with Crippen molar-refractivity contribution in [2.75, 3.05) is 0 Å². The second-order valence-corrected chi connectivity index (χ2v) is 6.36. The second-order valence-electron chi connectivity index (χ2n) is 5.38. The van der Waals surface area contributed by atoms with Gasteiger partial charge in [0, 0.05) is 0 Å². The minimum absolute atomic E-state index is 0.0873. The topological polar surface area (TPSA) is 17.1 Å². The first-order valence-electron chi connectivity index (χ1n) is 5.51. The number of allylic oxidation sites excluding steroid dienone is 2. The Balaban J connectivity index is 1.97. The summed E-state index contributed by atoms with van der Waals surface area (Å²) in [7, 11) is 0. The zero-order valence-corrected chi connectivity index (χ0v) is 9.79. The molecule has 4 aliphatic rings. The molecule has 0 heterocycles. The summed E-state index contributed by atoms with van der Waals surface area (Å²) in [6.07, 6.45) is 9.97. The lowest BCUT2D eigenvalue weighted by Crippen LogP contribution is -2.46. The third kappa shape index (κ3) is 1.16.